The molecule has 4 heteroatoms. The number of hydrogen-bond acceptors (Lipinski definition) is 3. The predicted octanol–water partition coefficient (Wildman–Crippen LogP) is 3.40. The number of hydrogen-bond donors (Lipinski definition) is 1. The molecule has 0 aromatic carbocycles. The van der Waals surface area contributed by atoms with Gasteiger partial charge in [-0.3, -0.25) is 0 Å². The van der Waals surface area contributed by atoms with Gasteiger partial charge in [-0.1, -0.05) is 24.4 Å². The minimum absolute atomic E-state index is 0.757. The first kappa shape index (κ1) is 13.6. The van der Waals surface area contributed by atoms with Gasteiger partial charge >= 0.3 is 0 Å². The lowest BCUT2D eigenvalue weighted by molar-refractivity contribution is 0.268. The predicted molar refractivity (Wildman–Crippen MR) is 77.1 cm³/mol. The second kappa shape index (κ2) is 6.39. The minimum atomic E-state index is 0.757. The molecule has 1 aliphatic rings. The molecule has 0 aliphatic heterocycles. The Morgan fingerprint density at radius 1 is 1.39 bits per heavy atom. The standard InChI is InChI=1S/C14H22ClN3/c1-16-14-8-7-12(15)13(17-14)10-18(2)9-11-5-3-4-6-11/h7-8,11H,3-6,9-10H2,1-2H3,(H,16,17). The highest BCUT2D eigenvalue weighted by molar-refractivity contribution is 6.31. The van der Waals surface area contributed by atoms with Crippen molar-refractivity contribution in [2.24, 2.45) is 5.92 Å². The van der Waals surface area contributed by atoms with E-state index in [1.165, 1.54) is 25.7 Å². The third kappa shape index (κ3) is 3.59. The van der Waals surface area contributed by atoms with E-state index in [1.807, 2.05) is 19.2 Å². The summed E-state index contributed by atoms with van der Waals surface area (Å²) < 4.78 is 0. The zero-order chi connectivity index (χ0) is 13.0. The van der Waals surface area contributed by atoms with Crippen LogP contribution in [0.15, 0.2) is 12.1 Å². The Labute approximate surface area is 115 Å². The van der Waals surface area contributed by atoms with Crippen molar-refractivity contribution in [3.8, 4) is 0 Å². The number of nitrogens with zero attached hydrogens (tertiary/aromatic N) is 2. The maximum absolute atomic E-state index is 6.20. The molecular formula is C14H22ClN3. The van der Waals surface area contributed by atoms with E-state index in [9.17, 15) is 0 Å². The van der Waals surface area contributed by atoms with Crippen LogP contribution in [0, 0.1) is 5.92 Å². The quantitative estimate of drug-likeness (QED) is 0.886. The summed E-state index contributed by atoms with van der Waals surface area (Å²) in [4.78, 5) is 6.86. The maximum Gasteiger partial charge on any atom is 0.126 e. The Morgan fingerprint density at radius 3 is 2.78 bits per heavy atom. The summed E-state index contributed by atoms with van der Waals surface area (Å²) >= 11 is 6.20. The van der Waals surface area contributed by atoms with E-state index in [0.717, 1.165) is 35.5 Å². The van der Waals surface area contributed by atoms with E-state index in [-0.39, 0.29) is 0 Å². The maximum atomic E-state index is 6.20. The van der Waals surface area contributed by atoms with Crippen LogP contribution in [0.2, 0.25) is 5.02 Å². The van der Waals surface area contributed by atoms with Gasteiger partial charge in [-0.05, 0) is 37.9 Å². The van der Waals surface area contributed by atoms with Crippen LogP contribution in [0.25, 0.3) is 0 Å². The van der Waals surface area contributed by atoms with Crippen LogP contribution >= 0.6 is 11.6 Å². The van der Waals surface area contributed by atoms with Gasteiger partial charge < -0.3 is 10.2 Å². The molecule has 1 aromatic rings. The summed E-state index contributed by atoms with van der Waals surface area (Å²) in [7, 11) is 4.03. The summed E-state index contributed by atoms with van der Waals surface area (Å²) in [6.45, 7) is 1.98. The van der Waals surface area contributed by atoms with Gasteiger partial charge in [0.2, 0.25) is 0 Å². The van der Waals surface area contributed by atoms with Crippen molar-refractivity contribution >= 4 is 17.4 Å². The molecule has 0 unspecified atom stereocenters. The fraction of sp³-hybridized carbons (Fsp3) is 0.643. The fourth-order valence-corrected chi connectivity index (χ4v) is 2.85. The molecule has 0 atom stereocenters. The SMILES string of the molecule is CNc1ccc(Cl)c(CN(C)CC2CCCC2)n1. The molecule has 2 rings (SSSR count). The summed E-state index contributed by atoms with van der Waals surface area (Å²) in [5, 5.41) is 3.81. The minimum Gasteiger partial charge on any atom is -0.373 e. The van der Waals surface area contributed by atoms with E-state index in [2.05, 4.69) is 22.2 Å². The first-order chi connectivity index (χ1) is 8.69. The summed E-state index contributed by atoms with van der Waals surface area (Å²) in [5.74, 6) is 1.74. The van der Waals surface area contributed by atoms with Crippen molar-refractivity contribution in [2.75, 3.05) is 26.0 Å². The van der Waals surface area contributed by atoms with Gasteiger partial charge in [0.05, 0.1) is 10.7 Å². The second-order valence-corrected chi connectivity index (χ2v) is 5.63. The first-order valence-corrected chi connectivity index (χ1v) is 7.08. The lowest BCUT2D eigenvalue weighted by Gasteiger charge is -2.21. The van der Waals surface area contributed by atoms with Crippen LogP contribution in [0.1, 0.15) is 31.4 Å². The van der Waals surface area contributed by atoms with Gasteiger partial charge in [0, 0.05) is 20.1 Å². The van der Waals surface area contributed by atoms with Crippen molar-refractivity contribution in [3.05, 3.63) is 22.8 Å². The average molecular weight is 268 g/mol. The van der Waals surface area contributed by atoms with Crippen LogP contribution in [-0.2, 0) is 6.54 Å². The van der Waals surface area contributed by atoms with Crippen molar-refractivity contribution < 1.29 is 0 Å². The number of anilines is 1. The molecule has 1 fully saturated rings. The number of halogens is 1. The first-order valence-electron chi connectivity index (χ1n) is 6.70. The van der Waals surface area contributed by atoms with E-state index >= 15 is 0 Å². The summed E-state index contributed by atoms with van der Waals surface area (Å²) in [5.41, 5.74) is 0.962. The number of aromatic nitrogens is 1. The summed E-state index contributed by atoms with van der Waals surface area (Å²) in [6, 6.07) is 3.82. The van der Waals surface area contributed by atoms with Crippen LogP contribution < -0.4 is 5.32 Å². The molecule has 0 bridgehead atoms. The van der Waals surface area contributed by atoms with Crippen molar-refractivity contribution in [3.63, 3.8) is 0 Å². The molecule has 100 valence electrons. The van der Waals surface area contributed by atoms with Crippen LogP contribution in [0.3, 0.4) is 0 Å². The second-order valence-electron chi connectivity index (χ2n) is 5.22. The molecule has 3 nitrogen and oxygen atoms in total. The van der Waals surface area contributed by atoms with Gasteiger partial charge in [0.1, 0.15) is 5.82 Å². The molecule has 0 spiro atoms. The molecule has 1 aromatic heterocycles. The zero-order valence-corrected chi connectivity index (χ0v) is 12.0. The molecule has 0 amide bonds. The molecule has 1 heterocycles. The summed E-state index contributed by atoms with van der Waals surface area (Å²) in [6.07, 6.45) is 5.55. The Morgan fingerprint density at radius 2 is 2.11 bits per heavy atom. The third-order valence-electron chi connectivity index (χ3n) is 3.64. The Hall–Kier alpha value is -0.800. The van der Waals surface area contributed by atoms with Crippen LogP contribution in [0.5, 0.6) is 0 Å². The highest BCUT2D eigenvalue weighted by atomic mass is 35.5. The average Bonchev–Trinajstić information content (AvgIpc) is 2.84. The normalized spacial score (nSPS) is 16.4. The van der Waals surface area contributed by atoms with E-state index in [1.54, 1.807) is 0 Å². The molecular weight excluding hydrogens is 246 g/mol. The largest absolute Gasteiger partial charge is 0.373 e. The van der Waals surface area contributed by atoms with Gasteiger partial charge in [-0.2, -0.15) is 0 Å². The van der Waals surface area contributed by atoms with Crippen molar-refractivity contribution in [2.45, 2.75) is 32.2 Å². The zero-order valence-electron chi connectivity index (χ0n) is 11.2. The van der Waals surface area contributed by atoms with E-state index in [4.69, 9.17) is 11.6 Å². The lowest BCUT2D eigenvalue weighted by atomic mass is 10.1. The molecule has 18 heavy (non-hydrogen) atoms. The third-order valence-corrected chi connectivity index (χ3v) is 3.98. The van der Waals surface area contributed by atoms with Crippen LogP contribution in [-0.4, -0.2) is 30.5 Å². The number of pyridine rings is 1. The molecule has 1 saturated carbocycles. The van der Waals surface area contributed by atoms with E-state index < -0.39 is 0 Å². The number of rotatable bonds is 5. The molecule has 1 aliphatic carbocycles. The lowest BCUT2D eigenvalue weighted by Crippen LogP contribution is -2.24. The molecule has 1 N–H and O–H groups in total. The van der Waals surface area contributed by atoms with Gasteiger partial charge in [0.15, 0.2) is 0 Å². The van der Waals surface area contributed by atoms with Crippen molar-refractivity contribution in [1.29, 1.82) is 0 Å². The van der Waals surface area contributed by atoms with Gasteiger partial charge in [-0.15, -0.1) is 0 Å². The van der Waals surface area contributed by atoms with Crippen LogP contribution in [0.4, 0.5) is 5.82 Å². The highest BCUT2D eigenvalue weighted by Crippen LogP contribution is 2.26. The Kier molecular flexibility index (Phi) is 4.84. The highest BCUT2D eigenvalue weighted by Gasteiger charge is 2.17. The van der Waals surface area contributed by atoms with Gasteiger partial charge in [0.25, 0.3) is 0 Å². The number of nitrogens with one attached hydrogen (secondary N) is 1. The molecule has 0 saturated heterocycles. The molecule has 0 radical (unpaired) electrons. The smallest absolute Gasteiger partial charge is 0.126 e. The van der Waals surface area contributed by atoms with Crippen molar-refractivity contribution in [1.82, 2.24) is 9.88 Å². The monoisotopic (exact) mass is 267 g/mol. The van der Waals surface area contributed by atoms with Gasteiger partial charge in [-0.25, -0.2) is 4.98 Å². The topological polar surface area (TPSA) is 28.2 Å². The fourth-order valence-electron chi connectivity index (χ4n) is 2.69. The Bertz CT molecular complexity index is 389. The Balaban J connectivity index is 1.94. The van der Waals surface area contributed by atoms with E-state index in [0.29, 0.717) is 0 Å².